The minimum Gasteiger partial charge on any atom is -0.425 e. The first kappa shape index (κ1) is 19.3. The Balaban J connectivity index is 1.87. The maximum absolute atomic E-state index is 12.7. The van der Waals surface area contributed by atoms with E-state index in [1.54, 1.807) is 6.07 Å². The Bertz CT molecular complexity index is 1160. The van der Waals surface area contributed by atoms with Gasteiger partial charge in [-0.15, -0.1) is 0 Å². The first-order valence-corrected chi connectivity index (χ1v) is 10.2. The van der Waals surface area contributed by atoms with Crippen LogP contribution in [-0.4, -0.2) is 28.7 Å². The van der Waals surface area contributed by atoms with Crippen molar-refractivity contribution < 1.29 is 14.3 Å². The molecule has 3 aromatic carbocycles. The third-order valence-corrected chi connectivity index (χ3v) is 5.82. The van der Waals surface area contributed by atoms with Gasteiger partial charge in [-0.3, -0.25) is 0 Å². The summed E-state index contributed by atoms with van der Waals surface area (Å²) in [6.45, 7) is 0. The summed E-state index contributed by atoms with van der Waals surface area (Å²) in [5.41, 5.74) is 3.20. The third-order valence-electron chi connectivity index (χ3n) is 5.82. The number of hydrogen-bond donors (Lipinski definition) is 0. The minimum absolute atomic E-state index is 0.331. The Morgan fingerprint density at radius 3 is 2.23 bits per heavy atom. The van der Waals surface area contributed by atoms with Crippen molar-refractivity contribution in [3.8, 4) is 5.75 Å². The van der Waals surface area contributed by atoms with Crippen LogP contribution >= 0.6 is 0 Å². The van der Waals surface area contributed by atoms with E-state index in [1.807, 2.05) is 61.1 Å². The predicted molar refractivity (Wildman–Crippen MR) is 117 cm³/mol. The molecule has 2 heterocycles. The van der Waals surface area contributed by atoms with Crippen LogP contribution in [0.5, 0.6) is 5.75 Å². The number of rotatable bonds is 3. The van der Waals surface area contributed by atoms with Gasteiger partial charge < -0.3 is 14.0 Å². The summed E-state index contributed by atoms with van der Waals surface area (Å²) in [5.74, 6) is 0.0582. The molecule has 1 unspecified atom stereocenters. The molecule has 0 N–H and O–H groups in total. The number of carbonyl (C=O) groups is 1. The number of benzene rings is 3. The SMILES string of the molecule is COC1Cc2cn(cn2)C(c2ccccc2)(c2ccccc2)c2cccc(c2)OC1=O. The Labute approximate surface area is 180 Å². The molecule has 5 nitrogen and oxygen atoms in total. The number of fused-ring (bicyclic) bond motifs is 4. The summed E-state index contributed by atoms with van der Waals surface area (Å²) >= 11 is 0. The van der Waals surface area contributed by atoms with Gasteiger partial charge >= 0.3 is 5.97 Å². The molecule has 1 aliphatic heterocycles. The standard InChI is InChI=1S/C26H22N2O3/c1-30-24-16-22-17-28(18-27-22)26(19-9-4-2-5-10-19,20-11-6-3-7-12-20)21-13-8-14-23(15-21)31-25(24)29/h2-15,17-18,24H,16H2,1H3. The maximum atomic E-state index is 12.7. The molecule has 0 aliphatic carbocycles. The van der Waals surface area contributed by atoms with Crippen LogP contribution in [0.1, 0.15) is 22.4 Å². The zero-order chi connectivity index (χ0) is 21.3. The van der Waals surface area contributed by atoms with Crippen LogP contribution in [0.4, 0.5) is 0 Å². The summed E-state index contributed by atoms with van der Waals surface area (Å²) in [5, 5.41) is 0. The van der Waals surface area contributed by atoms with Crippen LogP contribution in [0.25, 0.3) is 0 Å². The fourth-order valence-electron chi connectivity index (χ4n) is 4.38. The second-order valence-corrected chi connectivity index (χ2v) is 7.59. The average Bonchev–Trinajstić information content (AvgIpc) is 3.28. The molecule has 0 fully saturated rings. The zero-order valence-electron chi connectivity index (χ0n) is 17.1. The molecule has 0 amide bonds. The van der Waals surface area contributed by atoms with Gasteiger partial charge in [0, 0.05) is 19.7 Å². The smallest absolute Gasteiger partial charge is 0.341 e. The van der Waals surface area contributed by atoms with Crippen LogP contribution in [0, 0.1) is 0 Å². The predicted octanol–water partition coefficient (Wildman–Crippen LogP) is 4.20. The maximum Gasteiger partial charge on any atom is 0.341 e. The Morgan fingerprint density at radius 2 is 1.58 bits per heavy atom. The number of imidazole rings is 1. The minimum atomic E-state index is -0.729. The first-order chi connectivity index (χ1) is 15.2. The Kier molecular flexibility index (Phi) is 4.88. The van der Waals surface area contributed by atoms with Crippen molar-refractivity contribution >= 4 is 5.97 Å². The lowest BCUT2D eigenvalue weighted by molar-refractivity contribution is -0.145. The summed E-state index contributed by atoms with van der Waals surface area (Å²) in [7, 11) is 1.51. The van der Waals surface area contributed by atoms with E-state index in [-0.39, 0.29) is 0 Å². The lowest BCUT2D eigenvalue weighted by atomic mass is 9.76. The molecule has 1 atom stereocenters. The largest absolute Gasteiger partial charge is 0.425 e. The van der Waals surface area contributed by atoms with E-state index in [4.69, 9.17) is 9.47 Å². The van der Waals surface area contributed by atoms with Crippen LogP contribution in [0.15, 0.2) is 97.5 Å². The fourth-order valence-corrected chi connectivity index (χ4v) is 4.38. The van der Waals surface area contributed by atoms with Gasteiger partial charge in [-0.1, -0.05) is 72.8 Å². The highest BCUT2D eigenvalue weighted by atomic mass is 16.6. The molecule has 5 rings (SSSR count). The Hall–Kier alpha value is -3.70. The molecular weight excluding hydrogens is 388 g/mol. The van der Waals surface area contributed by atoms with E-state index >= 15 is 0 Å². The van der Waals surface area contributed by atoms with E-state index in [0.717, 1.165) is 22.4 Å². The molecule has 5 heteroatoms. The number of esters is 1. The second-order valence-electron chi connectivity index (χ2n) is 7.59. The molecule has 4 bridgehead atoms. The summed E-state index contributed by atoms with van der Waals surface area (Å²) in [6.07, 6.45) is 3.43. The molecule has 31 heavy (non-hydrogen) atoms. The molecule has 0 radical (unpaired) electrons. The van der Waals surface area contributed by atoms with Crippen molar-refractivity contribution in [2.24, 2.45) is 0 Å². The molecule has 154 valence electrons. The number of hydrogen-bond acceptors (Lipinski definition) is 4. The van der Waals surface area contributed by atoms with Gasteiger partial charge in [0.25, 0.3) is 0 Å². The second kappa shape index (κ2) is 7.85. The molecular formula is C26H22N2O3. The van der Waals surface area contributed by atoms with Gasteiger partial charge in [0.15, 0.2) is 6.10 Å². The number of carbonyl (C=O) groups excluding carboxylic acids is 1. The van der Waals surface area contributed by atoms with Crippen molar-refractivity contribution in [1.29, 1.82) is 0 Å². The lowest BCUT2D eigenvalue weighted by Crippen LogP contribution is -2.37. The van der Waals surface area contributed by atoms with E-state index < -0.39 is 17.6 Å². The number of methoxy groups -OCH3 is 1. The van der Waals surface area contributed by atoms with Gasteiger partial charge in [-0.05, 0) is 28.8 Å². The average molecular weight is 410 g/mol. The van der Waals surface area contributed by atoms with E-state index in [2.05, 4.69) is 39.9 Å². The van der Waals surface area contributed by atoms with Crippen molar-refractivity contribution in [2.75, 3.05) is 7.11 Å². The van der Waals surface area contributed by atoms with Crippen LogP contribution < -0.4 is 4.74 Å². The number of nitrogens with zero attached hydrogens (tertiary/aromatic N) is 2. The van der Waals surface area contributed by atoms with Crippen LogP contribution in [0.2, 0.25) is 0 Å². The van der Waals surface area contributed by atoms with E-state index in [9.17, 15) is 4.79 Å². The van der Waals surface area contributed by atoms with Crippen molar-refractivity contribution in [3.05, 3.63) is 120 Å². The van der Waals surface area contributed by atoms with Gasteiger partial charge in [-0.25, -0.2) is 9.78 Å². The van der Waals surface area contributed by atoms with Crippen LogP contribution in [-0.2, 0) is 21.5 Å². The quantitative estimate of drug-likeness (QED) is 0.375. The molecule has 0 saturated heterocycles. The monoisotopic (exact) mass is 410 g/mol. The van der Waals surface area contributed by atoms with Gasteiger partial charge in [0.1, 0.15) is 11.3 Å². The molecule has 1 aromatic heterocycles. The Morgan fingerprint density at radius 1 is 0.935 bits per heavy atom. The normalized spacial score (nSPS) is 17.5. The van der Waals surface area contributed by atoms with Crippen molar-refractivity contribution in [1.82, 2.24) is 9.55 Å². The topological polar surface area (TPSA) is 53.4 Å². The van der Waals surface area contributed by atoms with Gasteiger partial charge in [-0.2, -0.15) is 0 Å². The summed E-state index contributed by atoms with van der Waals surface area (Å²) in [6, 6.07) is 28.3. The molecule has 0 saturated carbocycles. The first-order valence-electron chi connectivity index (χ1n) is 10.2. The van der Waals surface area contributed by atoms with Gasteiger partial charge in [0.05, 0.1) is 12.0 Å². The highest BCUT2D eigenvalue weighted by Gasteiger charge is 2.39. The number of aromatic nitrogens is 2. The van der Waals surface area contributed by atoms with Crippen LogP contribution in [0.3, 0.4) is 0 Å². The summed E-state index contributed by atoms with van der Waals surface area (Å²) in [4.78, 5) is 17.3. The molecule has 1 aliphatic rings. The van der Waals surface area contributed by atoms with Crippen molar-refractivity contribution in [2.45, 2.75) is 18.1 Å². The molecule has 4 aromatic rings. The van der Waals surface area contributed by atoms with Crippen molar-refractivity contribution in [3.63, 3.8) is 0 Å². The summed E-state index contributed by atoms with van der Waals surface area (Å²) < 4.78 is 13.2. The highest BCUT2D eigenvalue weighted by Crippen LogP contribution is 2.42. The van der Waals surface area contributed by atoms with E-state index in [1.165, 1.54) is 7.11 Å². The molecule has 0 spiro atoms. The van der Waals surface area contributed by atoms with Gasteiger partial charge in [0.2, 0.25) is 0 Å². The highest BCUT2D eigenvalue weighted by molar-refractivity contribution is 5.77. The van der Waals surface area contributed by atoms with E-state index in [0.29, 0.717) is 12.2 Å². The lowest BCUT2D eigenvalue weighted by Gasteiger charge is -2.37. The third kappa shape index (κ3) is 3.23. The number of ether oxygens (including phenoxy) is 2. The zero-order valence-corrected chi connectivity index (χ0v) is 17.1. The fraction of sp³-hybridized carbons (Fsp3) is 0.154.